The van der Waals surface area contributed by atoms with Gasteiger partial charge in [0.25, 0.3) is 0 Å². The fraction of sp³-hybridized carbons (Fsp3) is 0.545. The van der Waals surface area contributed by atoms with Crippen molar-refractivity contribution in [3.8, 4) is 0 Å². The van der Waals surface area contributed by atoms with Crippen molar-refractivity contribution >= 4 is 17.3 Å². The highest BCUT2D eigenvalue weighted by molar-refractivity contribution is 7.07. The van der Waals surface area contributed by atoms with Crippen molar-refractivity contribution in [1.82, 2.24) is 10.7 Å². The molecule has 1 heterocycles. The molecule has 0 atom stereocenters. The van der Waals surface area contributed by atoms with Crippen LogP contribution in [-0.2, 0) is 6.42 Å². The Bertz CT molecular complexity index is 306. The van der Waals surface area contributed by atoms with Crippen molar-refractivity contribution in [2.75, 3.05) is 13.1 Å². The van der Waals surface area contributed by atoms with Gasteiger partial charge < -0.3 is 5.32 Å². The van der Waals surface area contributed by atoms with E-state index in [0.717, 1.165) is 19.5 Å². The molecule has 0 aliphatic heterocycles. The quantitative estimate of drug-likeness (QED) is 0.315. The molecule has 0 saturated carbocycles. The number of guanidine groups is 1. The van der Waals surface area contributed by atoms with Crippen LogP contribution in [0.5, 0.6) is 0 Å². The zero-order valence-corrected chi connectivity index (χ0v) is 10.7. The molecule has 90 valence electrons. The normalized spacial score (nSPS) is 11.9. The van der Waals surface area contributed by atoms with Crippen LogP contribution in [0.4, 0.5) is 0 Å². The molecule has 0 saturated heterocycles. The molecule has 0 amide bonds. The highest BCUT2D eigenvalue weighted by Gasteiger charge is 1.98. The van der Waals surface area contributed by atoms with Gasteiger partial charge in [-0.3, -0.25) is 10.4 Å². The maximum Gasteiger partial charge on any atom is 0.205 e. The molecule has 0 aromatic carbocycles. The van der Waals surface area contributed by atoms with Gasteiger partial charge in [-0.2, -0.15) is 11.3 Å². The molecule has 4 nitrogen and oxygen atoms in total. The van der Waals surface area contributed by atoms with Gasteiger partial charge in [-0.1, -0.05) is 13.8 Å². The molecule has 4 N–H and O–H groups in total. The largest absolute Gasteiger partial charge is 0.355 e. The number of nitrogens with one attached hydrogen (secondary N) is 2. The predicted octanol–water partition coefficient (Wildman–Crippen LogP) is 1.36. The summed E-state index contributed by atoms with van der Waals surface area (Å²) in [5.41, 5.74) is 3.92. The third kappa shape index (κ3) is 5.14. The van der Waals surface area contributed by atoms with Gasteiger partial charge in [0.15, 0.2) is 0 Å². The molecule has 1 aromatic heterocycles. The first kappa shape index (κ1) is 13.0. The molecule has 1 rings (SSSR count). The summed E-state index contributed by atoms with van der Waals surface area (Å²) in [6.07, 6.45) is 0.992. The molecule has 0 aliphatic carbocycles. The third-order valence-corrected chi connectivity index (χ3v) is 2.77. The van der Waals surface area contributed by atoms with E-state index < -0.39 is 0 Å². The van der Waals surface area contributed by atoms with Crippen LogP contribution in [0.2, 0.25) is 0 Å². The van der Waals surface area contributed by atoms with Crippen molar-refractivity contribution in [2.24, 2.45) is 16.8 Å². The lowest BCUT2D eigenvalue weighted by Gasteiger charge is -2.09. The number of hydrazine groups is 1. The van der Waals surface area contributed by atoms with E-state index in [1.165, 1.54) is 5.56 Å². The first-order valence-electron chi connectivity index (χ1n) is 5.48. The van der Waals surface area contributed by atoms with E-state index in [-0.39, 0.29) is 0 Å². The van der Waals surface area contributed by atoms with Gasteiger partial charge in [0.05, 0.1) is 0 Å². The highest BCUT2D eigenvalue weighted by Crippen LogP contribution is 2.05. The van der Waals surface area contributed by atoms with Crippen molar-refractivity contribution in [2.45, 2.75) is 20.3 Å². The van der Waals surface area contributed by atoms with Crippen LogP contribution in [0, 0.1) is 5.92 Å². The summed E-state index contributed by atoms with van der Waals surface area (Å²) >= 11 is 1.72. The average molecular weight is 240 g/mol. The summed E-state index contributed by atoms with van der Waals surface area (Å²) in [5.74, 6) is 6.59. The van der Waals surface area contributed by atoms with E-state index in [4.69, 9.17) is 5.84 Å². The molecular formula is C11H20N4S. The number of hydrogen-bond acceptors (Lipinski definition) is 3. The van der Waals surface area contributed by atoms with E-state index in [9.17, 15) is 0 Å². The Balaban J connectivity index is 2.26. The molecule has 0 spiro atoms. The Morgan fingerprint density at radius 1 is 1.56 bits per heavy atom. The van der Waals surface area contributed by atoms with E-state index in [1.54, 1.807) is 11.3 Å². The molecule has 1 aromatic rings. The number of rotatable bonds is 5. The second-order valence-corrected chi connectivity index (χ2v) is 4.82. The molecule has 16 heavy (non-hydrogen) atoms. The Labute approximate surface area is 101 Å². The molecule has 0 aliphatic rings. The number of nitrogens with two attached hydrogens (primary N) is 1. The van der Waals surface area contributed by atoms with Crippen LogP contribution < -0.4 is 16.6 Å². The molecule has 0 fully saturated rings. The molecule has 5 heteroatoms. The number of hydrogen-bond donors (Lipinski definition) is 3. The summed E-state index contributed by atoms with van der Waals surface area (Å²) in [6, 6.07) is 2.13. The van der Waals surface area contributed by atoms with Gasteiger partial charge >= 0.3 is 0 Å². The van der Waals surface area contributed by atoms with Gasteiger partial charge in [-0.25, -0.2) is 5.84 Å². The number of thiophene rings is 1. The lowest BCUT2D eigenvalue weighted by molar-refractivity contribution is 0.657. The van der Waals surface area contributed by atoms with Crippen molar-refractivity contribution < 1.29 is 0 Å². The number of nitrogens with zero attached hydrogens (tertiary/aromatic N) is 1. The first-order valence-corrected chi connectivity index (χ1v) is 6.42. The van der Waals surface area contributed by atoms with Gasteiger partial charge in [0.1, 0.15) is 0 Å². The fourth-order valence-electron chi connectivity index (χ4n) is 1.19. The van der Waals surface area contributed by atoms with Crippen molar-refractivity contribution in [3.05, 3.63) is 22.4 Å². The predicted molar refractivity (Wildman–Crippen MR) is 70.5 cm³/mol. The Hall–Kier alpha value is -1.07. The Morgan fingerprint density at radius 3 is 2.94 bits per heavy atom. The lowest BCUT2D eigenvalue weighted by atomic mass is 10.2. The minimum absolute atomic E-state index is 0.544. The molecule has 0 unspecified atom stereocenters. The van der Waals surface area contributed by atoms with Crippen LogP contribution >= 0.6 is 11.3 Å². The van der Waals surface area contributed by atoms with Crippen LogP contribution in [0.3, 0.4) is 0 Å². The zero-order valence-electron chi connectivity index (χ0n) is 9.86. The second-order valence-electron chi connectivity index (χ2n) is 4.04. The minimum atomic E-state index is 0.544. The van der Waals surface area contributed by atoms with E-state index >= 15 is 0 Å². The van der Waals surface area contributed by atoms with Crippen LogP contribution in [0.25, 0.3) is 0 Å². The summed E-state index contributed by atoms with van der Waals surface area (Å²) in [7, 11) is 0. The van der Waals surface area contributed by atoms with Gasteiger partial charge in [-0.15, -0.1) is 0 Å². The maximum absolute atomic E-state index is 5.38. The first-order chi connectivity index (χ1) is 7.72. The molecule has 0 bridgehead atoms. The molecular weight excluding hydrogens is 220 g/mol. The van der Waals surface area contributed by atoms with Gasteiger partial charge in [-0.05, 0) is 34.7 Å². The number of aliphatic imine (C=N–C) groups is 1. The second kappa shape index (κ2) is 7.24. The fourth-order valence-corrected chi connectivity index (χ4v) is 1.89. The smallest absolute Gasteiger partial charge is 0.205 e. The van der Waals surface area contributed by atoms with Crippen LogP contribution in [-0.4, -0.2) is 19.0 Å². The minimum Gasteiger partial charge on any atom is -0.355 e. The standard InChI is InChI=1S/C11H20N4S/c1-9(2)7-14-11(15-12)13-5-3-10-4-6-16-8-10/h4,6,8-9H,3,5,7,12H2,1-2H3,(H2,13,14,15). The summed E-state index contributed by atoms with van der Waals surface area (Å²) in [5, 5.41) is 7.42. The third-order valence-electron chi connectivity index (χ3n) is 2.04. The van der Waals surface area contributed by atoms with Crippen molar-refractivity contribution in [1.29, 1.82) is 0 Å². The summed E-state index contributed by atoms with van der Waals surface area (Å²) < 4.78 is 0. The zero-order chi connectivity index (χ0) is 11.8. The average Bonchev–Trinajstić information content (AvgIpc) is 2.75. The SMILES string of the molecule is CC(C)CN=C(NN)NCCc1ccsc1. The van der Waals surface area contributed by atoms with E-state index in [1.807, 2.05) is 0 Å². The van der Waals surface area contributed by atoms with Crippen molar-refractivity contribution in [3.63, 3.8) is 0 Å². The van der Waals surface area contributed by atoms with E-state index in [0.29, 0.717) is 11.9 Å². The van der Waals surface area contributed by atoms with Crippen LogP contribution in [0.1, 0.15) is 19.4 Å². The Morgan fingerprint density at radius 2 is 2.38 bits per heavy atom. The highest BCUT2D eigenvalue weighted by atomic mass is 32.1. The Kier molecular flexibility index (Phi) is 5.88. The monoisotopic (exact) mass is 240 g/mol. The summed E-state index contributed by atoms with van der Waals surface area (Å²) in [4.78, 5) is 4.33. The topological polar surface area (TPSA) is 62.4 Å². The van der Waals surface area contributed by atoms with Gasteiger partial charge in [0.2, 0.25) is 5.96 Å². The van der Waals surface area contributed by atoms with Gasteiger partial charge in [0, 0.05) is 13.1 Å². The summed E-state index contributed by atoms with van der Waals surface area (Å²) in [6.45, 7) is 5.88. The maximum atomic E-state index is 5.38. The molecule has 0 radical (unpaired) electrons. The lowest BCUT2D eigenvalue weighted by Crippen LogP contribution is -2.42. The van der Waals surface area contributed by atoms with Crippen LogP contribution in [0.15, 0.2) is 21.8 Å². The van der Waals surface area contributed by atoms with E-state index in [2.05, 4.69) is 46.4 Å².